The maximum atomic E-state index is 5.38. The highest BCUT2D eigenvalue weighted by atomic mass is 79.9. The summed E-state index contributed by atoms with van der Waals surface area (Å²) in [7, 11) is 0. The molecule has 0 radical (unpaired) electrons. The van der Waals surface area contributed by atoms with E-state index in [-0.39, 0.29) is 6.04 Å². The second kappa shape index (κ2) is 6.87. The van der Waals surface area contributed by atoms with Crippen molar-refractivity contribution >= 4 is 15.9 Å². The van der Waals surface area contributed by atoms with Crippen LogP contribution >= 0.6 is 15.9 Å². The van der Waals surface area contributed by atoms with Gasteiger partial charge in [-0.25, -0.2) is 0 Å². The molecular formula is C15H19BrN2O. The minimum absolute atomic E-state index is 0.232. The van der Waals surface area contributed by atoms with Crippen LogP contribution in [0.5, 0.6) is 0 Å². The van der Waals surface area contributed by atoms with E-state index in [0.717, 1.165) is 23.2 Å². The van der Waals surface area contributed by atoms with Crippen LogP contribution in [-0.4, -0.2) is 11.5 Å². The van der Waals surface area contributed by atoms with Crippen LogP contribution in [0.2, 0.25) is 0 Å². The zero-order valence-electron chi connectivity index (χ0n) is 11.3. The highest BCUT2D eigenvalue weighted by Crippen LogP contribution is 2.34. The molecule has 0 aliphatic heterocycles. The van der Waals surface area contributed by atoms with Crippen LogP contribution in [0.1, 0.15) is 43.4 Å². The zero-order chi connectivity index (χ0) is 13.7. The first-order valence-electron chi connectivity index (χ1n) is 6.60. The van der Waals surface area contributed by atoms with Crippen LogP contribution < -0.4 is 5.32 Å². The van der Waals surface area contributed by atoms with Gasteiger partial charge >= 0.3 is 0 Å². The van der Waals surface area contributed by atoms with E-state index in [9.17, 15) is 0 Å². The molecule has 2 aromatic heterocycles. The number of nitrogens with one attached hydrogen (secondary N) is 1. The van der Waals surface area contributed by atoms with Gasteiger partial charge in [0.15, 0.2) is 4.67 Å². The van der Waals surface area contributed by atoms with E-state index in [0.29, 0.717) is 5.92 Å². The number of pyridine rings is 1. The molecule has 0 aliphatic carbocycles. The molecule has 1 N–H and O–H groups in total. The maximum Gasteiger partial charge on any atom is 0.173 e. The van der Waals surface area contributed by atoms with Crippen LogP contribution in [0.3, 0.4) is 0 Å². The lowest BCUT2D eigenvalue weighted by Gasteiger charge is -2.25. The van der Waals surface area contributed by atoms with E-state index in [1.165, 1.54) is 5.56 Å². The summed E-state index contributed by atoms with van der Waals surface area (Å²) < 4.78 is 6.18. The van der Waals surface area contributed by atoms with Gasteiger partial charge in [0.05, 0.1) is 6.26 Å². The van der Waals surface area contributed by atoms with Gasteiger partial charge in [-0.2, -0.15) is 0 Å². The molecular weight excluding hydrogens is 304 g/mol. The van der Waals surface area contributed by atoms with E-state index in [2.05, 4.69) is 52.2 Å². The highest BCUT2D eigenvalue weighted by molar-refractivity contribution is 9.10. The molecule has 3 nitrogen and oxygen atoms in total. The third-order valence-electron chi connectivity index (χ3n) is 3.33. The fourth-order valence-corrected chi connectivity index (χ4v) is 2.73. The quantitative estimate of drug-likeness (QED) is 0.862. The third kappa shape index (κ3) is 3.45. The molecule has 0 saturated heterocycles. The molecule has 2 aromatic rings. The Balaban J connectivity index is 2.25. The molecule has 0 amide bonds. The highest BCUT2D eigenvalue weighted by Gasteiger charge is 2.23. The number of aromatic nitrogens is 1. The Morgan fingerprint density at radius 3 is 2.63 bits per heavy atom. The Morgan fingerprint density at radius 2 is 2.05 bits per heavy atom. The van der Waals surface area contributed by atoms with Gasteiger partial charge in [0.1, 0.15) is 0 Å². The predicted molar refractivity (Wildman–Crippen MR) is 80.1 cm³/mol. The van der Waals surface area contributed by atoms with Crippen molar-refractivity contribution in [3.05, 3.63) is 52.7 Å². The van der Waals surface area contributed by atoms with Crippen molar-refractivity contribution < 1.29 is 4.42 Å². The Kier molecular flexibility index (Phi) is 5.16. The normalized spacial score (nSPS) is 14.3. The van der Waals surface area contributed by atoms with E-state index in [1.807, 2.05) is 18.5 Å². The monoisotopic (exact) mass is 322 g/mol. The summed E-state index contributed by atoms with van der Waals surface area (Å²) in [5, 5.41) is 3.60. The van der Waals surface area contributed by atoms with Crippen molar-refractivity contribution in [3.8, 4) is 0 Å². The molecule has 0 fully saturated rings. The fourth-order valence-electron chi connectivity index (χ4n) is 2.24. The van der Waals surface area contributed by atoms with Crippen LogP contribution in [0.25, 0.3) is 0 Å². The Bertz CT molecular complexity index is 498. The molecule has 0 spiro atoms. The molecule has 0 aromatic carbocycles. The lowest BCUT2D eigenvalue weighted by molar-refractivity contribution is 0.452. The van der Waals surface area contributed by atoms with E-state index < -0.39 is 0 Å². The zero-order valence-corrected chi connectivity index (χ0v) is 12.9. The summed E-state index contributed by atoms with van der Waals surface area (Å²) in [5.41, 5.74) is 2.44. The largest absolute Gasteiger partial charge is 0.457 e. The molecule has 4 heteroatoms. The van der Waals surface area contributed by atoms with E-state index >= 15 is 0 Å². The summed E-state index contributed by atoms with van der Waals surface area (Å²) in [5.74, 6) is 0.350. The van der Waals surface area contributed by atoms with Crippen LogP contribution in [-0.2, 0) is 0 Å². The minimum Gasteiger partial charge on any atom is -0.457 e. The summed E-state index contributed by atoms with van der Waals surface area (Å²) in [6.45, 7) is 5.38. The summed E-state index contributed by atoms with van der Waals surface area (Å²) in [6, 6.07) is 6.39. The van der Waals surface area contributed by atoms with Gasteiger partial charge in [0, 0.05) is 29.9 Å². The number of nitrogens with zero attached hydrogens (tertiary/aromatic N) is 1. The first kappa shape index (κ1) is 14.3. The Labute approximate surface area is 122 Å². The summed E-state index contributed by atoms with van der Waals surface area (Å²) >= 11 is 3.48. The van der Waals surface area contributed by atoms with Crippen molar-refractivity contribution in [2.75, 3.05) is 6.54 Å². The van der Waals surface area contributed by atoms with Crippen molar-refractivity contribution in [2.45, 2.75) is 32.2 Å². The van der Waals surface area contributed by atoms with Crippen LogP contribution in [0.4, 0.5) is 0 Å². The van der Waals surface area contributed by atoms with Gasteiger partial charge < -0.3 is 9.73 Å². The van der Waals surface area contributed by atoms with Crippen LogP contribution in [0, 0.1) is 0 Å². The summed E-state index contributed by atoms with van der Waals surface area (Å²) in [4.78, 5) is 4.08. The lowest BCUT2D eigenvalue weighted by atomic mass is 9.90. The van der Waals surface area contributed by atoms with Gasteiger partial charge in [-0.3, -0.25) is 4.98 Å². The predicted octanol–water partition coefficient (Wildman–Crippen LogP) is 4.28. The fraction of sp³-hybridized carbons (Fsp3) is 0.400. The second-order valence-corrected chi connectivity index (χ2v) is 5.37. The topological polar surface area (TPSA) is 38.1 Å². The first-order valence-corrected chi connectivity index (χ1v) is 7.39. The van der Waals surface area contributed by atoms with Crippen LogP contribution in [0.15, 0.2) is 45.9 Å². The molecule has 0 bridgehead atoms. The molecule has 19 heavy (non-hydrogen) atoms. The average Bonchev–Trinajstić information content (AvgIpc) is 2.86. The first-order chi connectivity index (χ1) is 9.24. The molecule has 2 heterocycles. The number of rotatable bonds is 6. The van der Waals surface area contributed by atoms with Crippen molar-refractivity contribution in [1.82, 2.24) is 10.3 Å². The number of hydrogen-bond acceptors (Lipinski definition) is 3. The number of hydrogen-bond donors (Lipinski definition) is 1. The van der Waals surface area contributed by atoms with Crippen molar-refractivity contribution in [3.63, 3.8) is 0 Å². The second-order valence-electron chi connectivity index (χ2n) is 4.65. The number of furan rings is 1. The molecule has 0 saturated carbocycles. The van der Waals surface area contributed by atoms with Gasteiger partial charge in [0.25, 0.3) is 0 Å². The van der Waals surface area contributed by atoms with Gasteiger partial charge in [0.2, 0.25) is 0 Å². The Hall–Kier alpha value is -1.13. The maximum absolute atomic E-state index is 5.38. The minimum atomic E-state index is 0.232. The average molecular weight is 323 g/mol. The third-order valence-corrected chi connectivity index (χ3v) is 3.97. The smallest absolute Gasteiger partial charge is 0.173 e. The standard InChI is InChI=1S/C15H19BrN2O/c1-3-7-18-14(13-6-10-19-15(13)16)11(2)12-4-8-17-9-5-12/h4-6,8-11,14,18H,3,7H2,1-2H3. The van der Waals surface area contributed by atoms with Gasteiger partial charge in [-0.1, -0.05) is 13.8 Å². The van der Waals surface area contributed by atoms with E-state index in [4.69, 9.17) is 4.42 Å². The lowest BCUT2D eigenvalue weighted by Crippen LogP contribution is -2.26. The SMILES string of the molecule is CCCNC(c1ccoc1Br)C(C)c1ccncc1. The van der Waals surface area contributed by atoms with Crippen molar-refractivity contribution in [1.29, 1.82) is 0 Å². The Morgan fingerprint density at radius 1 is 1.32 bits per heavy atom. The number of halogens is 1. The molecule has 2 unspecified atom stereocenters. The van der Waals surface area contributed by atoms with E-state index in [1.54, 1.807) is 6.26 Å². The molecule has 0 aliphatic rings. The molecule has 2 rings (SSSR count). The van der Waals surface area contributed by atoms with Gasteiger partial charge in [-0.15, -0.1) is 0 Å². The summed E-state index contributed by atoms with van der Waals surface area (Å²) in [6.07, 6.45) is 6.51. The molecule has 2 atom stereocenters. The molecule has 102 valence electrons. The van der Waals surface area contributed by atoms with Gasteiger partial charge in [-0.05, 0) is 52.7 Å². The van der Waals surface area contributed by atoms with Crippen molar-refractivity contribution in [2.24, 2.45) is 0 Å².